The van der Waals surface area contributed by atoms with Gasteiger partial charge in [-0.1, -0.05) is 11.6 Å². The molecule has 1 aliphatic heterocycles. The molecule has 1 fully saturated rings. The van der Waals surface area contributed by atoms with E-state index in [-0.39, 0.29) is 4.90 Å². The van der Waals surface area contributed by atoms with Crippen LogP contribution in [-0.4, -0.2) is 46.4 Å². The molecule has 0 aromatic carbocycles. The standard InChI is InChI=1S/C14H16ClN3O4S/c1-8-10(14(19)20)3-2-4-18(8)23(21,22)12-7-17-13-11(12)5-9(15)6-16-13/h5-8,10H,2-4H2,1H3,(H,16,17)(H,19,20). The van der Waals surface area contributed by atoms with Crippen molar-refractivity contribution in [1.29, 1.82) is 0 Å². The van der Waals surface area contributed by atoms with Crippen LogP contribution in [0.15, 0.2) is 23.4 Å². The van der Waals surface area contributed by atoms with Gasteiger partial charge < -0.3 is 10.1 Å². The number of H-pyrrole nitrogens is 1. The largest absolute Gasteiger partial charge is 0.481 e. The number of halogens is 1. The number of carboxylic acids is 1. The third-order valence-electron chi connectivity index (χ3n) is 4.29. The summed E-state index contributed by atoms with van der Waals surface area (Å²) in [6, 6.07) is 0.930. The maximum Gasteiger partial charge on any atom is 0.308 e. The first-order valence-corrected chi connectivity index (χ1v) is 9.01. The maximum atomic E-state index is 13.0. The molecular weight excluding hydrogens is 342 g/mol. The van der Waals surface area contributed by atoms with Crippen LogP contribution in [0, 0.1) is 5.92 Å². The Morgan fingerprint density at radius 2 is 2.26 bits per heavy atom. The number of rotatable bonds is 3. The second-order valence-corrected chi connectivity index (χ2v) is 7.94. The lowest BCUT2D eigenvalue weighted by Gasteiger charge is -2.36. The van der Waals surface area contributed by atoms with E-state index >= 15 is 0 Å². The number of aromatic nitrogens is 2. The number of nitrogens with one attached hydrogen (secondary N) is 1. The molecule has 9 heteroatoms. The summed E-state index contributed by atoms with van der Waals surface area (Å²) in [5, 5.41) is 10.0. The number of aliphatic carboxylic acids is 1. The molecule has 2 aromatic heterocycles. The lowest BCUT2D eigenvalue weighted by Crippen LogP contribution is -2.48. The predicted molar refractivity (Wildman–Crippen MR) is 84.8 cm³/mol. The monoisotopic (exact) mass is 357 g/mol. The summed E-state index contributed by atoms with van der Waals surface area (Å²) in [6.45, 7) is 1.93. The number of hydrogen-bond acceptors (Lipinski definition) is 4. The number of aromatic amines is 1. The molecule has 2 unspecified atom stereocenters. The number of fused-ring (bicyclic) bond motifs is 1. The first-order chi connectivity index (χ1) is 10.8. The van der Waals surface area contributed by atoms with E-state index in [4.69, 9.17) is 11.6 Å². The summed E-state index contributed by atoms with van der Waals surface area (Å²) in [7, 11) is -3.84. The van der Waals surface area contributed by atoms with Crippen molar-refractivity contribution in [2.45, 2.75) is 30.7 Å². The van der Waals surface area contributed by atoms with Gasteiger partial charge in [-0.25, -0.2) is 13.4 Å². The third-order valence-corrected chi connectivity index (χ3v) is 6.53. The summed E-state index contributed by atoms with van der Waals surface area (Å²) in [6.07, 6.45) is 3.80. The van der Waals surface area contributed by atoms with Crippen molar-refractivity contribution in [2.24, 2.45) is 5.92 Å². The Bertz CT molecular complexity index is 864. The quantitative estimate of drug-likeness (QED) is 0.875. The topological polar surface area (TPSA) is 103 Å². The Labute approximate surface area is 138 Å². The highest BCUT2D eigenvalue weighted by Gasteiger charge is 2.40. The summed E-state index contributed by atoms with van der Waals surface area (Å²) in [4.78, 5) is 18.3. The fraction of sp³-hybridized carbons (Fsp3) is 0.429. The first-order valence-electron chi connectivity index (χ1n) is 7.19. The van der Waals surface area contributed by atoms with E-state index in [0.29, 0.717) is 35.4 Å². The van der Waals surface area contributed by atoms with Crippen LogP contribution >= 0.6 is 11.6 Å². The van der Waals surface area contributed by atoms with Gasteiger partial charge in [-0.05, 0) is 25.8 Å². The lowest BCUT2D eigenvalue weighted by molar-refractivity contribution is -0.144. The van der Waals surface area contributed by atoms with Crippen molar-refractivity contribution in [1.82, 2.24) is 14.3 Å². The number of carboxylic acid groups (broad SMARTS) is 1. The van der Waals surface area contributed by atoms with Crippen LogP contribution in [0.3, 0.4) is 0 Å². The van der Waals surface area contributed by atoms with Crippen molar-refractivity contribution < 1.29 is 18.3 Å². The fourth-order valence-electron chi connectivity index (χ4n) is 3.07. The molecule has 1 aliphatic rings. The lowest BCUT2D eigenvalue weighted by atomic mass is 9.92. The van der Waals surface area contributed by atoms with Crippen LogP contribution in [0.2, 0.25) is 5.02 Å². The minimum absolute atomic E-state index is 0.0698. The summed E-state index contributed by atoms with van der Waals surface area (Å²) in [5.74, 6) is -1.67. The van der Waals surface area contributed by atoms with E-state index in [9.17, 15) is 18.3 Å². The Morgan fingerprint density at radius 1 is 1.52 bits per heavy atom. The van der Waals surface area contributed by atoms with E-state index in [0.717, 1.165) is 0 Å². The van der Waals surface area contributed by atoms with E-state index in [1.165, 1.54) is 22.8 Å². The molecule has 2 N–H and O–H groups in total. The average Bonchev–Trinajstić information content (AvgIpc) is 2.90. The molecule has 0 aliphatic carbocycles. The van der Waals surface area contributed by atoms with E-state index < -0.39 is 28.0 Å². The maximum absolute atomic E-state index is 13.0. The van der Waals surface area contributed by atoms with E-state index in [1.54, 1.807) is 6.92 Å². The highest BCUT2D eigenvalue weighted by atomic mass is 35.5. The molecule has 0 saturated carbocycles. The Balaban J connectivity index is 2.06. The molecular formula is C14H16ClN3O4S. The molecule has 0 bridgehead atoms. The van der Waals surface area contributed by atoms with Crippen LogP contribution in [0.4, 0.5) is 0 Å². The minimum Gasteiger partial charge on any atom is -0.481 e. The molecule has 7 nitrogen and oxygen atoms in total. The Hall–Kier alpha value is -1.64. The normalized spacial score (nSPS) is 23.2. The zero-order valence-corrected chi connectivity index (χ0v) is 13.9. The van der Waals surface area contributed by atoms with Crippen molar-refractivity contribution in [3.05, 3.63) is 23.5 Å². The first kappa shape index (κ1) is 16.2. The van der Waals surface area contributed by atoms with Gasteiger partial charge in [0, 0.05) is 30.4 Å². The number of pyridine rings is 1. The van der Waals surface area contributed by atoms with Crippen molar-refractivity contribution in [3.63, 3.8) is 0 Å². The molecule has 2 atom stereocenters. The molecule has 3 heterocycles. The number of piperidine rings is 1. The van der Waals surface area contributed by atoms with Gasteiger partial charge in [-0.15, -0.1) is 0 Å². The SMILES string of the molecule is CC1C(C(=O)O)CCCN1S(=O)(=O)c1c[nH]c2ncc(Cl)cc12. The molecule has 23 heavy (non-hydrogen) atoms. The zero-order valence-electron chi connectivity index (χ0n) is 12.4. The molecule has 1 saturated heterocycles. The molecule has 0 spiro atoms. The van der Waals surface area contributed by atoms with Crippen LogP contribution in [0.25, 0.3) is 11.0 Å². The molecule has 0 radical (unpaired) electrons. The second kappa shape index (κ2) is 5.77. The zero-order chi connectivity index (χ0) is 16.8. The van der Waals surface area contributed by atoms with Gasteiger partial charge in [0.05, 0.1) is 10.9 Å². The highest BCUT2D eigenvalue weighted by Crippen LogP contribution is 2.32. The summed E-state index contributed by atoms with van der Waals surface area (Å²) in [5.41, 5.74) is 0.424. The molecule has 2 aromatic rings. The number of hydrogen-bond donors (Lipinski definition) is 2. The van der Waals surface area contributed by atoms with Gasteiger partial charge in [-0.2, -0.15) is 4.31 Å². The van der Waals surface area contributed by atoms with Crippen molar-refractivity contribution in [2.75, 3.05) is 6.54 Å². The Kier molecular flexibility index (Phi) is 4.07. The van der Waals surface area contributed by atoms with Gasteiger partial charge in [0.25, 0.3) is 0 Å². The second-order valence-electron chi connectivity index (χ2n) is 5.65. The van der Waals surface area contributed by atoms with Crippen LogP contribution in [0.5, 0.6) is 0 Å². The van der Waals surface area contributed by atoms with Gasteiger partial charge in [-0.3, -0.25) is 4.79 Å². The van der Waals surface area contributed by atoms with Crippen molar-refractivity contribution >= 4 is 38.6 Å². The smallest absolute Gasteiger partial charge is 0.308 e. The third kappa shape index (κ3) is 2.71. The number of carbonyl (C=O) groups is 1. The average molecular weight is 358 g/mol. The van der Waals surface area contributed by atoms with Gasteiger partial charge >= 0.3 is 5.97 Å². The van der Waals surface area contributed by atoms with Crippen molar-refractivity contribution in [3.8, 4) is 0 Å². The number of nitrogens with zero attached hydrogens (tertiary/aromatic N) is 2. The predicted octanol–water partition coefficient (Wildman–Crippen LogP) is 2.09. The van der Waals surface area contributed by atoms with Crippen LogP contribution in [0.1, 0.15) is 19.8 Å². The summed E-state index contributed by atoms with van der Waals surface area (Å²) < 4.78 is 27.3. The minimum atomic E-state index is -3.84. The summed E-state index contributed by atoms with van der Waals surface area (Å²) >= 11 is 5.91. The van der Waals surface area contributed by atoms with E-state index in [2.05, 4.69) is 9.97 Å². The highest BCUT2D eigenvalue weighted by molar-refractivity contribution is 7.89. The van der Waals surface area contributed by atoms with Gasteiger partial charge in [0.1, 0.15) is 10.5 Å². The molecule has 3 rings (SSSR count). The Morgan fingerprint density at radius 3 is 2.96 bits per heavy atom. The van der Waals surface area contributed by atoms with Crippen LogP contribution < -0.4 is 0 Å². The van der Waals surface area contributed by atoms with E-state index in [1.807, 2.05) is 0 Å². The van der Waals surface area contributed by atoms with Crippen LogP contribution in [-0.2, 0) is 14.8 Å². The molecule has 124 valence electrons. The molecule has 0 amide bonds. The van der Waals surface area contributed by atoms with Gasteiger partial charge in [0.2, 0.25) is 10.0 Å². The fourth-order valence-corrected chi connectivity index (χ4v) is 5.08. The number of sulfonamides is 1. The van der Waals surface area contributed by atoms with Gasteiger partial charge in [0.15, 0.2) is 0 Å².